The van der Waals surface area contributed by atoms with E-state index in [1.165, 1.54) is 0 Å². The van der Waals surface area contributed by atoms with E-state index in [1.807, 2.05) is 84.9 Å². The van der Waals surface area contributed by atoms with Crippen LogP contribution in [0.3, 0.4) is 0 Å². The van der Waals surface area contributed by atoms with E-state index >= 15 is 0 Å². The minimum Gasteiger partial charge on any atom is -0.497 e. The van der Waals surface area contributed by atoms with E-state index in [9.17, 15) is 0 Å². The Morgan fingerprint density at radius 1 is 0.893 bits per heavy atom. The Morgan fingerprint density at radius 3 is 2.29 bits per heavy atom. The third-order valence-corrected chi connectivity index (χ3v) is 4.50. The van der Waals surface area contributed by atoms with Gasteiger partial charge in [0.2, 0.25) is 0 Å². The number of rotatable bonds is 5. The molecular weight excluding hydrogens is 370 g/mol. The van der Waals surface area contributed by atoms with Gasteiger partial charge in [0.05, 0.1) is 24.2 Å². The monoisotopic (exact) mass is 387 g/mol. The number of halogens is 1. The molecule has 0 saturated carbocycles. The van der Waals surface area contributed by atoms with Crippen LogP contribution in [-0.4, -0.2) is 18.7 Å². The van der Waals surface area contributed by atoms with E-state index in [0.717, 1.165) is 34.1 Å². The summed E-state index contributed by atoms with van der Waals surface area (Å²) in [6.07, 6.45) is 2.01. The van der Waals surface area contributed by atoms with Gasteiger partial charge in [-0.1, -0.05) is 41.9 Å². The minimum absolute atomic E-state index is 0.622. The smallest absolute Gasteiger partial charge is 0.177 e. The minimum atomic E-state index is 0.622. The maximum absolute atomic E-state index is 5.98. The second-order valence-electron chi connectivity index (χ2n) is 6.19. The lowest BCUT2D eigenvalue weighted by Crippen LogP contribution is -2.06. The maximum atomic E-state index is 5.98. The van der Waals surface area contributed by atoms with Gasteiger partial charge in [0, 0.05) is 16.3 Å². The van der Waals surface area contributed by atoms with Gasteiger partial charge in [-0.05, 0) is 54.6 Å². The molecule has 0 atom stereocenters. The summed E-state index contributed by atoms with van der Waals surface area (Å²) < 4.78 is 5.22. The molecule has 0 amide bonds. The quantitative estimate of drug-likeness (QED) is 0.594. The van der Waals surface area contributed by atoms with Crippen molar-refractivity contribution < 1.29 is 4.74 Å². The Balaban J connectivity index is 1.68. The molecule has 0 fully saturated rings. The highest BCUT2D eigenvalue weighted by Gasteiger charge is 2.17. The van der Waals surface area contributed by atoms with Crippen molar-refractivity contribution in [3.63, 3.8) is 0 Å². The molecule has 5 heteroatoms. The molecule has 0 aromatic heterocycles. The number of nitrogens with one attached hydrogen (secondary N) is 1. The molecule has 0 spiro atoms. The van der Waals surface area contributed by atoms with Crippen LogP contribution in [0.5, 0.6) is 5.75 Å². The zero-order valence-electron chi connectivity index (χ0n) is 15.3. The van der Waals surface area contributed by atoms with Gasteiger partial charge in [0.1, 0.15) is 5.75 Å². The fourth-order valence-corrected chi connectivity index (χ4v) is 2.94. The van der Waals surface area contributed by atoms with E-state index in [2.05, 4.69) is 5.32 Å². The number of benzene rings is 3. The second kappa shape index (κ2) is 8.11. The van der Waals surface area contributed by atoms with Crippen LogP contribution >= 0.6 is 11.6 Å². The maximum Gasteiger partial charge on any atom is 0.177 e. The number of ether oxygens (including phenoxy) is 1. The SMILES string of the molecule is COc1ccc(NC2=CC(c3ccccc3)=NC2=Nc2ccc(Cl)cc2)cc1. The van der Waals surface area contributed by atoms with Crippen molar-refractivity contribution in [2.24, 2.45) is 9.98 Å². The van der Waals surface area contributed by atoms with Crippen LogP contribution in [0, 0.1) is 0 Å². The van der Waals surface area contributed by atoms with Crippen LogP contribution in [0.1, 0.15) is 5.56 Å². The Bertz CT molecular complexity index is 1050. The third-order valence-electron chi connectivity index (χ3n) is 4.25. The molecule has 0 aliphatic carbocycles. The van der Waals surface area contributed by atoms with Crippen LogP contribution in [0.2, 0.25) is 5.02 Å². The van der Waals surface area contributed by atoms with Crippen LogP contribution in [0.15, 0.2) is 101 Å². The van der Waals surface area contributed by atoms with Gasteiger partial charge in [-0.3, -0.25) is 0 Å². The number of hydrogen-bond acceptors (Lipinski definition) is 3. The Labute approximate surface area is 168 Å². The first-order valence-corrected chi connectivity index (χ1v) is 9.20. The largest absolute Gasteiger partial charge is 0.497 e. The van der Waals surface area contributed by atoms with Gasteiger partial charge in [-0.2, -0.15) is 0 Å². The number of aliphatic imine (C=N–C) groups is 2. The normalized spacial score (nSPS) is 14.6. The van der Waals surface area contributed by atoms with Crippen LogP contribution in [0.4, 0.5) is 11.4 Å². The summed E-state index contributed by atoms with van der Waals surface area (Å²) >= 11 is 5.98. The lowest BCUT2D eigenvalue weighted by atomic mass is 10.1. The summed E-state index contributed by atoms with van der Waals surface area (Å²) in [5, 5.41) is 4.08. The Morgan fingerprint density at radius 2 is 1.61 bits per heavy atom. The first kappa shape index (κ1) is 18.0. The standard InChI is InChI=1S/C23H18ClN3O/c1-28-20-13-11-18(12-14-20)25-22-15-21(16-5-3-2-4-6-16)27-23(22)26-19-9-7-17(24)8-10-19/h2-15H,1H3,(H,25,26,27). The van der Waals surface area contributed by atoms with E-state index in [1.54, 1.807) is 7.11 Å². The lowest BCUT2D eigenvalue weighted by Gasteiger charge is -2.08. The van der Waals surface area contributed by atoms with Crippen molar-refractivity contribution in [1.82, 2.24) is 0 Å². The topological polar surface area (TPSA) is 46.0 Å². The summed E-state index contributed by atoms with van der Waals surface area (Å²) in [6, 6.07) is 25.2. The van der Waals surface area contributed by atoms with Crippen molar-refractivity contribution in [3.8, 4) is 5.75 Å². The number of hydrogen-bond donors (Lipinski definition) is 1. The molecule has 4 nitrogen and oxygen atoms in total. The fourth-order valence-electron chi connectivity index (χ4n) is 2.81. The fraction of sp³-hybridized carbons (Fsp3) is 0.0435. The highest BCUT2D eigenvalue weighted by molar-refractivity contribution is 6.30. The van der Waals surface area contributed by atoms with Crippen molar-refractivity contribution in [3.05, 3.63) is 101 Å². The summed E-state index contributed by atoms with van der Waals surface area (Å²) in [4.78, 5) is 9.44. The van der Waals surface area contributed by atoms with Gasteiger partial charge in [0.25, 0.3) is 0 Å². The molecule has 1 aliphatic rings. The highest BCUT2D eigenvalue weighted by atomic mass is 35.5. The molecule has 3 aromatic carbocycles. The summed E-state index contributed by atoms with van der Waals surface area (Å²) in [7, 11) is 1.65. The number of allylic oxidation sites excluding steroid dienone is 1. The van der Waals surface area contributed by atoms with Crippen molar-refractivity contribution in [2.45, 2.75) is 0 Å². The summed E-state index contributed by atoms with van der Waals surface area (Å²) in [5.41, 5.74) is 4.46. The zero-order chi connectivity index (χ0) is 19.3. The molecule has 1 heterocycles. The van der Waals surface area contributed by atoms with Crippen molar-refractivity contribution in [2.75, 3.05) is 12.4 Å². The van der Waals surface area contributed by atoms with Gasteiger partial charge in [-0.15, -0.1) is 0 Å². The summed E-state index contributed by atoms with van der Waals surface area (Å²) in [5.74, 6) is 1.43. The molecule has 3 aromatic rings. The molecule has 0 bridgehead atoms. The molecule has 28 heavy (non-hydrogen) atoms. The zero-order valence-corrected chi connectivity index (χ0v) is 16.0. The van der Waals surface area contributed by atoms with Crippen molar-refractivity contribution in [1.29, 1.82) is 0 Å². The van der Waals surface area contributed by atoms with E-state index < -0.39 is 0 Å². The summed E-state index contributed by atoms with van der Waals surface area (Å²) in [6.45, 7) is 0. The molecular formula is C23H18ClN3O. The molecule has 138 valence electrons. The van der Waals surface area contributed by atoms with Gasteiger partial charge in [0.15, 0.2) is 5.84 Å². The third kappa shape index (κ3) is 4.13. The lowest BCUT2D eigenvalue weighted by molar-refractivity contribution is 0.415. The van der Waals surface area contributed by atoms with E-state index in [4.69, 9.17) is 26.3 Å². The van der Waals surface area contributed by atoms with E-state index in [0.29, 0.717) is 10.9 Å². The van der Waals surface area contributed by atoms with Crippen LogP contribution in [0.25, 0.3) is 0 Å². The van der Waals surface area contributed by atoms with Crippen LogP contribution in [-0.2, 0) is 0 Å². The molecule has 1 aliphatic heterocycles. The molecule has 1 N–H and O–H groups in total. The average molecular weight is 388 g/mol. The average Bonchev–Trinajstić information content (AvgIpc) is 3.13. The second-order valence-corrected chi connectivity index (χ2v) is 6.62. The first-order valence-electron chi connectivity index (χ1n) is 8.83. The molecule has 0 saturated heterocycles. The molecule has 0 radical (unpaired) electrons. The predicted molar refractivity (Wildman–Crippen MR) is 116 cm³/mol. The highest BCUT2D eigenvalue weighted by Crippen LogP contribution is 2.24. The number of anilines is 1. The first-order chi connectivity index (χ1) is 13.7. The molecule has 4 rings (SSSR count). The number of methoxy groups -OCH3 is 1. The Kier molecular flexibility index (Phi) is 5.22. The number of amidine groups is 1. The predicted octanol–water partition coefficient (Wildman–Crippen LogP) is 5.88. The van der Waals surface area contributed by atoms with Gasteiger partial charge >= 0.3 is 0 Å². The number of nitrogens with zero attached hydrogens (tertiary/aromatic N) is 2. The van der Waals surface area contributed by atoms with Gasteiger partial charge in [-0.25, -0.2) is 9.98 Å². The van der Waals surface area contributed by atoms with Gasteiger partial charge < -0.3 is 10.1 Å². The Hall–Kier alpha value is -3.37. The van der Waals surface area contributed by atoms with Crippen molar-refractivity contribution >= 4 is 34.5 Å². The van der Waals surface area contributed by atoms with E-state index in [-0.39, 0.29) is 0 Å². The van der Waals surface area contributed by atoms with Crippen LogP contribution < -0.4 is 10.1 Å². The molecule has 0 unspecified atom stereocenters.